The topological polar surface area (TPSA) is 53.4 Å². The van der Waals surface area contributed by atoms with Crippen LogP contribution in [0.25, 0.3) is 5.69 Å². The standard InChI is InChI=1S/C23H27N5O/c1-19-16-20(25-28(19)22-10-6-3-7-11-22)17-24-23(29)18-26-12-14-27(15-13-26)21-8-4-2-5-9-21/h2-11,16H,12-15,17-18H2,1H3,(H,24,29). The van der Waals surface area contributed by atoms with E-state index in [-0.39, 0.29) is 5.91 Å². The monoisotopic (exact) mass is 389 g/mol. The van der Waals surface area contributed by atoms with Gasteiger partial charge >= 0.3 is 0 Å². The van der Waals surface area contributed by atoms with Crippen molar-refractivity contribution in [3.63, 3.8) is 0 Å². The minimum absolute atomic E-state index is 0.0464. The highest BCUT2D eigenvalue weighted by Crippen LogP contribution is 2.15. The van der Waals surface area contributed by atoms with E-state index < -0.39 is 0 Å². The molecule has 150 valence electrons. The van der Waals surface area contributed by atoms with Crippen molar-refractivity contribution in [3.8, 4) is 5.69 Å². The van der Waals surface area contributed by atoms with Gasteiger partial charge in [-0.25, -0.2) is 4.68 Å². The summed E-state index contributed by atoms with van der Waals surface area (Å²) < 4.78 is 1.91. The zero-order valence-electron chi connectivity index (χ0n) is 16.8. The number of rotatable bonds is 6. The first-order chi connectivity index (χ1) is 14.2. The van der Waals surface area contributed by atoms with Crippen molar-refractivity contribution in [1.82, 2.24) is 20.0 Å². The molecule has 1 saturated heterocycles. The van der Waals surface area contributed by atoms with E-state index in [0.29, 0.717) is 13.1 Å². The third-order valence-corrected chi connectivity index (χ3v) is 5.27. The van der Waals surface area contributed by atoms with Crippen molar-refractivity contribution < 1.29 is 4.79 Å². The molecule has 29 heavy (non-hydrogen) atoms. The molecular formula is C23H27N5O. The Morgan fingerprint density at radius 3 is 2.21 bits per heavy atom. The molecule has 0 radical (unpaired) electrons. The first-order valence-corrected chi connectivity index (χ1v) is 10.1. The van der Waals surface area contributed by atoms with E-state index in [1.54, 1.807) is 0 Å². The van der Waals surface area contributed by atoms with Gasteiger partial charge in [-0.05, 0) is 37.3 Å². The number of amides is 1. The molecule has 2 heterocycles. The molecule has 0 aliphatic carbocycles. The molecule has 1 fully saturated rings. The number of nitrogens with zero attached hydrogens (tertiary/aromatic N) is 4. The smallest absolute Gasteiger partial charge is 0.234 e. The van der Waals surface area contributed by atoms with E-state index >= 15 is 0 Å². The lowest BCUT2D eigenvalue weighted by atomic mass is 10.2. The predicted octanol–water partition coefficient (Wildman–Crippen LogP) is 2.62. The summed E-state index contributed by atoms with van der Waals surface area (Å²) in [6.45, 7) is 6.58. The summed E-state index contributed by atoms with van der Waals surface area (Å²) in [4.78, 5) is 17.0. The summed E-state index contributed by atoms with van der Waals surface area (Å²) in [6.07, 6.45) is 0. The van der Waals surface area contributed by atoms with Crippen LogP contribution in [0.4, 0.5) is 5.69 Å². The van der Waals surface area contributed by atoms with Gasteiger partial charge < -0.3 is 10.2 Å². The van der Waals surface area contributed by atoms with Crippen LogP contribution in [0.15, 0.2) is 66.7 Å². The molecule has 4 rings (SSSR count). The maximum absolute atomic E-state index is 12.4. The van der Waals surface area contributed by atoms with Crippen molar-refractivity contribution in [2.45, 2.75) is 13.5 Å². The van der Waals surface area contributed by atoms with Gasteiger partial charge in [-0.2, -0.15) is 5.10 Å². The number of carbonyl (C=O) groups is 1. The zero-order valence-corrected chi connectivity index (χ0v) is 16.8. The van der Waals surface area contributed by atoms with Gasteiger partial charge in [-0.3, -0.25) is 9.69 Å². The summed E-state index contributed by atoms with van der Waals surface area (Å²) in [5, 5.41) is 7.64. The second-order valence-electron chi connectivity index (χ2n) is 7.40. The number of aryl methyl sites for hydroxylation is 1. The molecule has 0 unspecified atom stereocenters. The average molecular weight is 390 g/mol. The van der Waals surface area contributed by atoms with Gasteiger partial charge in [0.15, 0.2) is 0 Å². The fourth-order valence-electron chi connectivity index (χ4n) is 3.71. The molecule has 6 heteroatoms. The maximum Gasteiger partial charge on any atom is 0.234 e. The van der Waals surface area contributed by atoms with E-state index in [2.05, 4.69) is 44.5 Å². The number of aromatic nitrogens is 2. The molecule has 1 amide bonds. The van der Waals surface area contributed by atoms with E-state index in [1.807, 2.05) is 54.1 Å². The average Bonchev–Trinajstić information content (AvgIpc) is 3.15. The summed E-state index contributed by atoms with van der Waals surface area (Å²) in [5.74, 6) is 0.0464. The number of piperazine rings is 1. The molecule has 3 aromatic rings. The summed E-state index contributed by atoms with van der Waals surface area (Å²) in [7, 11) is 0. The Bertz CT molecular complexity index is 930. The second kappa shape index (κ2) is 8.92. The molecule has 0 atom stereocenters. The lowest BCUT2D eigenvalue weighted by Gasteiger charge is -2.35. The minimum Gasteiger partial charge on any atom is -0.369 e. The molecule has 6 nitrogen and oxygen atoms in total. The molecule has 0 bridgehead atoms. The number of carbonyl (C=O) groups excluding carboxylic acids is 1. The quantitative estimate of drug-likeness (QED) is 0.704. The van der Waals surface area contributed by atoms with E-state index in [1.165, 1.54) is 5.69 Å². The van der Waals surface area contributed by atoms with Crippen LogP contribution in [0.3, 0.4) is 0 Å². The van der Waals surface area contributed by atoms with E-state index in [9.17, 15) is 4.79 Å². The van der Waals surface area contributed by atoms with Gasteiger partial charge in [-0.15, -0.1) is 0 Å². The number of benzene rings is 2. The van der Waals surface area contributed by atoms with Crippen LogP contribution < -0.4 is 10.2 Å². The summed E-state index contributed by atoms with van der Waals surface area (Å²) >= 11 is 0. The van der Waals surface area contributed by atoms with Gasteiger partial charge in [0.05, 0.1) is 24.5 Å². The second-order valence-corrected chi connectivity index (χ2v) is 7.40. The molecule has 1 aliphatic rings. The number of hydrogen-bond donors (Lipinski definition) is 1. The van der Waals surface area contributed by atoms with Crippen molar-refractivity contribution in [2.75, 3.05) is 37.6 Å². The van der Waals surface area contributed by atoms with Crippen LogP contribution in [0.2, 0.25) is 0 Å². The lowest BCUT2D eigenvalue weighted by molar-refractivity contribution is -0.122. The van der Waals surface area contributed by atoms with Crippen molar-refractivity contribution >= 4 is 11.6 Å². The van der Waals surface area contributed by atoms with Crippen LogP contribution in [0.5, 0.6) is 0 Å². The molecule has 1 N–H and O–H groups in total. The third-order valence-electron chi connectivity index (χ3n) is 5.27. The number of anilines is 1. The normalized spacial score (nSPS) is 14.7. The van der Waals surface area contributed by atoms with Gasteiger partial charge in [0, 0.05) is 37.6 Å². The summed E-state index contributed by atoms with van der Waals surface area (Å²) in [6, 6.07) is 22.5. The van der Waals surface area contributed by atoms with Crippen molar-refractivity contribution in [2.24, 2.45) is 0 Å². The van der Waals surface area contributed by atoms with Crippen LogP contribution in [0, 0.1) is 6.92 Å². The lowest BCUT2D eigenvalue weighted by Crippen LogP contribution is -2.49. The van der Waals surface area contributed by atoms with Crippen LogP contribution in [-0.2, 0) is 11.3 Å². The fourth-order valence-corrected chi connectivity index (χ4v) is 3.71. The van der Waals surface area contributed by atoms with E-state index in [0.717, 1.165) is 43.3 Å². The first-order valence-electron chi connectivity index (χ1n) is 10.1. The molecular weight excluding hydrogens is 362 g/mol. The highest BCUT2D eigenvalue weighted by atomic mass is 16.2. The SMILES string of the molecule is Cc1cc(CNC(=O)CN2CCN(c3ccccc3)CC2)nn1-c1ccccc1. The van der Waals surface area contributed by atoms with Gasteiger partial charge in [0.1, 0.15) is 0 Å². The largest absolute Gasteiger partial charge is 0.369 e. The Hall–Kier alpha value is -3.12. The van der Waals surface area contributed by atoms with Crippen molar-refractivity contribution in [3.05, 3.63) is 78.1 Å². The molecule has 2 aromatic carbocycles. The predicted molar refractivity (Wildman–Crippen MR) is 115 cm³/mol. The highest BCUT2D eigenvalue weighted by molar-refractivity contribution is 5.78. The maximum atomic E-state index is 12.4. The Kier molecular flexibility index (Phi) is 5.91. The third kappa shape index (κ3) is 4.84. The number of para-hydroxylation sites is 2. The van der Waals surface area contributed by atoms with Crippen LogP contribution in [-0.4, -0.2) is 53.3 Å². The highest BCUT2D eigenvalue weighted by Gasteiger charge is 2.19. The van der Waals surface area contributed by atoms with Crippen molar-refractivity contribution in [1.29, 1.82) is 0 Å². The Morgan fingerprint density at radius 2 is 1.55 bits per heavy atom. The zero-order chi connectivity index (χ0) is 20.1. The van der Waals surface area contributed by atoms with Crippen LogP contribution in [0.1, 0.15) is 11.4 Å². The molecule has 1 aromatic heterocycles. The van der Waals surface area contributed by atoms with E-state index in [4.69, 9.17) is 0 Å². The Morgan fingerprint density at radius 1 is 0.931 bits per heavy atom. The fraction of sp³-hybridized carbons (Fsp3) is 0.304. The minimum atomic E-state index is 0.0464. The molecule has 0 spiro atoms. The molecule has 0 saturated carbocycles. The molecule has 1 aliphatic heterocycles. The Labute approximate surface area is 171 Å². The summed E-state index contributed by atoms with van der Waals surface area (Å²) in [5.41, 5.74) is 4.20. The van der Waals surface area contributed by atoms with Gasteiger partial charge in [0.2, 0.25) is 5.91 Å². The Balaban J connectivity index is 1.25. The van der Waals surface area contributed by atoms with Gasteiger partial charge in [0.25, 0.3) is 0 Å². The van der Waals surface area contributed by atoms with Gasteiger partial charge in [-0.1, -0.05) is 36.4 Å². The van der Waals surface area contributed by atoms with Crippen LogP contribution >= 0.6 is 0 Å². The number of nitrogens with one attached hydrogen (secondary N) is 1. The first kappa shape index (κ1) is 19.2. The number of hydrogen-bond acceptors (Lipinski definition) is 4.